The zero-order valence-electron chi connectivity index (χ0n) is 21.2. The van der Waals surface area contributed by atoms with Crippen LogP contribution in [0.1, 0.15) is 28.6 Å². The Morgan fingerprint density at radius 1 is 0.763 bits per heavy atom. The first-order valence-corrected chi connectivity index (χ1v) is 13.5. The number of hydrogen-bond donors (Lipinski definition) is 1. The third-order valence-corrected chi connectivity index (χ3v) is 7.13. The van der Waals surface area contributed by atoms with Gasteiger partial charge in [-0.15, -0.1) is 10.2 Å². The lowest BCUT2D eigenvalue weighted by atomic mass is 10.1. The number of nitrogens with zero attached hydrogens (tertiary/aromatic N) is 3. The number of thioether (sulfide) groups is 1. The molecule has 1 aromatic heterocycles. The molecule has 0 aliphatic rings. The van der Waals surface area contributed by atoms with E-state index < -0.39 is 0 Å². The van der Waals surface area contributed by atoms with E-state index in [2.05, 4.69) is 45.1 Å². The molecular formula is C31H30N4O2S. The maximum atomic E-state index is 6.69. The normalized spacial score (nSPS) is 11.7. The molecule has 0 unspecified atom stereocenters. The molecule has 6 nitrogen and oxygen atoms in total. The number of ether oxygens (including phenoxy) is 2. The monoisotopic (exact) mass is 522 g/mol. The van der Waals surface area contributed by atoms with E-state index in [4.69, 9.17) is 15.2 Å². The van der Waals surface area contributed by atoms with Crippen molar-refractivity contribution in [3.05, 3.63) is 132 Å². The van der Waals surface area contributed by atoms with Crippen molar-refractivity contribution >= 4 is 11.8 Å². The lowest BCUT2D eigenvalue weighted by molar-refractivity contribution is 0.306. The average molecular weight is 523 g/mol. The van der Waals surface area contributed by atoms with Crippen molar-refractivity contribution in [1.82, 2.24) is 14.8 Å². The molecule has 0 bridgehead atoms. The fourth-order valence-corrected chi connectivity index (χ4v) is 5.06. The number of aromatic nitrogens is 3. The minimum atomic E-state index is -0.315. The Bertz CT molecular complexity index is 1440. The van der Waals surface area contributed by atoms with Gasteiger partial charge in [0.15, 0.2) is 11.0 Å². The van der Waals surface area contributed by atoms with E-state index in [1.54, 1.807) is 18.9 Å². The SMILES string of the molecule is COc1cccc(CSc2nnc([C@@H](N)Cc3ccccc3)n2-c2ccc(OCc3ccccc3)cc2)c1. The summed E-state index contributed by atoms with van der Waals surface area (Å²) in [6, 6.07) is 36.1. The van der Waals surface area contributed by atoms with E-state index >= 15 is 0 Å². The third kappa shape index (κ3) is 6.43. The van der Waals surface area contributed by atoms with Crippen LogP contribution >= 0.6 is 11.8 Å². The predicted octanol–water partition coefficient (Wildman–Crippen LogP) is 6.39. The minimum Gasteiger partial charge on any atom is -0.497 e. The lowest BCUT2D eigenvalue weighted by Gasteiger charge is -2.16. The summed E-state index contributed by atoms with van der Waals surface area (Å²) >= 11 is 1.62. The second-order valence-electron chi connectivity index (χ2n) is 8.88. The molecule has 2 N–H and O–H groups in total. The fourth-order valence-electron chi connectivity index (χ4n) is 4.16. The molecule has 1 atom stereocenters. The first kappa shape index (κ1) is 25.6. The van der Waals surface area contributed by atoms with Gasteiger partial charge < -0.3 is 15.2 Å². The molecule has 0 fully saturated rings. The van der Waals surface area contributed by atoms with Gasteiger partial charge in [0.05, 0.1) is 13.2 Å². The van der Waals surface area contributed by atoms with Crippen LogP contribution in [0.4, 0.5) is 0 Å². The van der Waals surface area contributed by atoms with Crippen LogP contribution in [0.25, 0.3) is 5.69 Å². The van der Waals surface area contributed by atoms with Crippen molar-refractivity contribution in [2.75, 3.05) is 7.11 Å². The van der Waals surface area contributed by atoms with Gasteiger partial charge in [0, 0.05) is 11.4 Å². The van der Waals surface area contributed by atoms with Gasteiger partial charge in [-0.2, -0.15) is 0 Å². The molecule has 7 heteroatoms. The van der Waals surface area contributed by atoms with Crippen molar-refractivity contribution in [1.29, 1.82) is 0 Å². The molecule has 0 saturated heterocycles. The van der Waals surface area contributed by atoms with E-state index in [1.165, 1.54) is 0 Å². The summed E-state index contributed by atoms with van der Waals surface area (Å²) in [5, 5.41) is 9.87. The smallest absolute Gasteiger partial charge is 0.196 e. The zero-order valence-corrected chi connectivity index (χ0v) is 22.1. The molecule has 5 rings (SSSR count). The Kier molecular flexibility index (Phi) is 8.38. The van der Waals surface area contributed by atoms with Gasteiger partial charge in [0.25, 0.3) is 0 Å². The molecule has 0 aliphatic heterocycles. The van der Waals surface area contributed by atoms with Crippen LogP contribution in [0.5, 0.6) is 11.5 Å². The van der Waals surface area contributed by atoms with Crippen molar-refractivity contribution in [2.24, 2.45) is 5.73 Å². The molecule has 38 heavy (non-hydrogen) atoms. The van der Waals surface area contributed by atoms with Gasteiger partial charge in [-0.3, -0.25) is 4.57 Å². The molecule has 4 aromatic carbocycles. The highest BCUT2D eigenvalue weighted by atomic mass is 32.2. The molecule has 0 saturated carbocycles. The van der Waals surface area contributed by atoms with Crippen molar-refractivity contribution in [3.63, 3.8) is 0 Å². The largest absolute Gasteiger partial charge is 0.497 e. The van der Waals surface area contributed by atoms with Crippen LogP contribution in [-0.2, 0) is 18.8 Å². The maximum absolute atomic E-state index is 6.69. The summed E-state index contributed by atoms with van der Waals surface area (Å²) in [4.78, 5) is 0. The standard InChI is InChI=1S/C31H30N4O2S/c1-36-28-14-8-13-25(19-28)22-38-31-34-33-30(29(32)20-23-9-4-2-5-10-23)35(31)26-15-17-27(18-16-26)37-21-24-11-6-3-7-12-24/h2-19,29H,20-22,32H2,1H3/t29-/m0/s1. The van der Waals surface area contributed by atoms with E-state index in [0.717, 1.165) is 50.6 Å². The first-order chi connectivity index (χ1) is 18.7. The van der Waals surface area contributed by atoms with Gasteiger partial charge in [0.1, 0.15) is 18.1 Å². The second-order valence-corrected chi connectivity index (χ2v) is 9.82. The number of rotatable bonds is 11. The Balaban J connectivity index is 1.39. The van der Waals surface area contributed by atoms with E-state index in [1.807, 2.05) is 78.9 Å². The van der Waals surface area contributed by atoms with Crippen LogP contribution in [0.3, 0.4) is 0 Å². The molecule has 0 spiro atoms. The third-order valence-electron chi connectivity index (χ3n) is 6.13. The first-order valence-electron chi connectivity index (χ1n) is 12.5. The number of hydrogen-bond acceptors (Lipinski definition) is 6. The summed E-state index contributed by atoms with van der Waals surface area (Å²) in [5.74, 6) is 3.08. The number of benzene rings is 4. The minimum absolute atomic E-state index is 0.315. The van der Waals surface area contributed by atoms with Crippen LogP contribution < -0.4 is 15.2 Å². The summed E-state index contributed by atoms with van der Waals surface area (Å²) < 4.78 is 13.4. The summed E-state index contributed by atoms with van der Waals surface area (Å²) in [6.07, 6.45) is 0.664. The van der Waals surface area contributed by atoms with E-state index in [9.17, 15) is 0 Å². The van der Waals surface area contributed by atoms with E-state index in [0.29, 0.717) is 13.0 Å². The summed E-state index contributed by atoms with van der Waals surface area (Å²) in [5.41, 5.74) is 11.1. The van der Waals surface area contributed by atoms with Gasteiger partial charge in [-0.25, -0.2) is 0 Å². The summed E-state index contributed by atoms with van der Waals surface area (Å²) in [6.45, 7) is 0.516. The lowest BCUT2D eigenvalue weighted by Crippen LogP contribution is -2.19. The van der Waals surface area contributed by atoms with Crippen LogP contribution in [0, 0.1) is 0 Å². The highest BCUT2D eigenvalue weighted by molar-refractivity contribution is 7.98. The summed E-state index contributed by atoms with van der Waals surface area (Å²) in [7, 11) is 1.68. The van der Waals surface area contributed by atoms with Crippen molar-refractivity contribution in [2.45, 2.75) is 30.0 Å². The highest BCUT2D eigenvalue weighted by Gasteiger charge is 2.21. The molecule has 0 amide bonds. The maximum Gasteiger partial charge on any atom is 0.196 e. The molecule has 192 valence electrons. The predicted molar refractivity (Wildman–Crippen MR) is 152 cm³/mol. The fraction of sp³-hybridized carbons (Fsp3) is 0.161. The van der Waals surface area contributed by atoms with Crippen LogP contribution in [0.15, 0.2) is 114 Å². The Morgan fingerprint density at radius 2 is 1.45 bits per heavy atom. The van der Waals surface area contributed by atoms with Crippen LogP contribution in [0.2, 0.25) is 0 Å². The highest BCUT2D eigenvalue weighted by Crippen LogP contribution is 2.30. The average Bonchev–Trinajstić information content (AvgIpc) is 3.40. The Morgan fingerprint density at radius 3 is 2.16 bits per heavy atom. The quantitative estimate of drug-likeness (QED) is 0.203. The van der Waals surface area contributed by atoms with Crippen LogP contribution in [-0.4, -0.2) is 21.9 Å². The van der Waals surface area contributed by atoms with Crippen molar-refractivity contribution in [3.8, 4) is 17.2 Å². The molecule has 5 aromatic rings. The Hall–Kier alpha value is -4.07. The van der Waals surface area contributed by atoms with Gasteiger partial charge in [-0.1, -0.05) is 84.6 Å². The molecule has 0 radical (unpaired) electrons. The topological polar surface area (TPSA) is 75.2 Å². The zero-order chi connectivity index (χ0) is 26.2. The second kappa shape index (κ2) is 12.4. The molecule has 0 aliphatic carbocycles. The Labute approximate surface area is 227 Å². The molecular weight excluding hydrogens is 492 g/mol. The van der Waals surface area contributed by atoms with Gasteiger partial charge >= 0.3 is 0 Å². The van der Waals surface area contributed by atoms with Crippen molar-refractivity contribution < 1.29 is 9.47 Å². The number of nitrogens with two attached hydrogens (primary N) is 1. The van der Waals surface area contributed by atoms with E-state index in [-0.39, 0.29) is 6.04 Å². The number of methoxy groups -OCH3 is 1. The molecule has 1 heterocycles. The van der Waals surface area contributed by atoms with Gasteiger partial charge in [0.2, 0.25) is 0 Å². The van der Waals surface area contributed by atoms with Gasteiger partial charge in [-0.05, 0) is 59.5 Å².